The summed E-state index contributed by atoms with van der Waals surface area (Å²) < 4.78 is 10.7. The van der Waals surface area contributed by atoms with Crippen molar-refractivity contribution >= 4 is 0 Å². The Morgan fingerprint density at radius 2 is 2.27 bits per heavy atom. The number of benzene rings is 1. The lowest BCUT2D eigenvalue weighted by Gasteiger charge is -2.08. The molecule has 2 heteroatoms. The molecule has 1 unspecified atom stereocenters. The summed E-state index contributed by atoms with van der Waals surface area (Å²) in [6.45, 7) is 5.84. The number of rotatable bonds is 5. The summed E-state index contributed by atoms with van der Waals surface area (Å²) in [5.74, 6) is 0.974. The van der Waals surface area contributed by atoms with E-state index in [-0.39, 0.29) is 0 Å². The fraction of sp³-hybridized carbons (Fsp3) is 0.538. The minimum absolute atomic E-state index is 0.524. The first kappa shape index (κ1) is 10.5. The average molecular weight is 206 g/mol. The maximum absolute atomic E-state index is 5.45. The number of aryl methyl sites for hydroxylation is 2. The molecule has 0 spiro atoms. The van der Waals surface area contributed by atoms with Crippen molar-refractivity contribution in [1.82, 2.24) is 0 Å². The third-order valence-corrected chi connectivity index (χ3v) is 2.76. The second kappa shape index (κ2) is 4.67. The van der Waals surface area contributed by atoms with Crippen molar-refractivity contribution in [2.45, 2.75) is 32.8 Å². The molecule has 2 rings (SSSR count). The molecule has 0 radical (unpaired) electrons. The number of ether oxygens (including phenoxy) is 2. The zero-order valence-corrected chi connectivity index (χ0v) is 9.45. The van der Waals surface area contributed by atoms with Crippen LogP contribution in [-0.4, -0.2) is 19.3 Å². The molecule has 2 nitrogen and oxygen atoms in total. The Balaban J connectivity index is 1.97. The van der Waals surface area contributed by atoms with Crippen molar-refractivity contribution in [1.29, 1.82) is 0 Å². The van der Waals surface area contributed by atoms with E-state index < -0.39 is 0 Å². The first-order chi connectivity index (χ1) is 7.29. The van der Waals surface area contributed by atoms with Gasteiger partial charge in [-0.25, -0.2) is 0 Å². The van der Waals surface area contributed by atoms with Crippen LogP contribution < -0.4 is 4.74 Å². The van der Waals surface area contributed by atoms with Gasteiger partial charge < -0.3 is 9.47 Å². The van der Waals surface area contributed by atoms with E-state index in [1.165, 1.54) is 11.1 Å². The average Bonchev–Trinajstić information content (AvgIpc) is 3.01. The summed E-state index contributed by atoms with van der Waals surface area (Å²) in [5, 5.41) is 0. The van der Waals surface area contributed by atoms with Gasteiger partial charge in [0.05, 0.1) is 19.3 Å². The minimum atomic E-state index is 0.524. The molecule has 1 aromatic rings. The molecule has 1 aliphatic rings. The Bertz CT molecular complexity index is 329. The van der Waals surface area contributed by atoms with Gasteiger partial charge in [0, 0.05) is 0 Å². The highest BCUT2D eigenvalue weighted by Crippen LogP contribution is 2.21. The third-order valence-electron chi connectivity index (χ3n) is 2.76. The smallest absolute Gasteiger partial charge is 0.119 e. The van der Waals surface area contributed by atoms with E-state index in [1.54, 1.807) is 0 Å². The molecule has 0 N–H and O–H groups in total. The number of hydrogen-bond donors (Lipinski definition) is 0. The maximum Gasteiger partial charge on any atom is 0.119 e. The Morgan fingerprint density at radius 1 is 1.47 bits per heavy atom. The zero-order valence-electron chi connectivity index (χ0n) is 9.45. The van der Waals surface area contributed by atoms with E-state index >= 15 is 0 Å². The molecule has 1 saturated heterocycles. The lowest BCUT2D eigenvalue weighted by Crippen LogP contribution is -1.96. The number of hydrogen-bond acceptors (Lipinski definition) is 2. The maximum atomic E-state index is 5.45. The van der Waals surface area contributed by atoms with Crippen molar-refractivity contribution in [3.8, 4) is 5.75 Å². The van der Waals surface area contributed by atoms with Crippen LogP contribution in [0.3, 0.4) is 0 Å². The first-order valence-electron chi connectivity index (χ1n) is 5.63. The molecule has 1 fully saturated rings. The largest absolute Gasteiger partial charge is 0.494 e. The van der Waals surface area contributed by atoms with E-state index in [1.807, 2.05) is 6.92 Å². The van der Waals surface area contributed by atoms with Gasteiger partial charge in [-0.3, -0.25) is 0 Å². The molecule has 1 aromatic carbocycles. The molecule has 0 saturated carbocycles. The highest BCUT2D eigenvalue weighted by Gasteiger charge is 2.21. The van der Waals surface area contributed by atoms with Crippen LogP contribution >= 0.6 is 0 Å². The molecular formula is C13H18O2. The van der Waals surface area contributed by atoms with Gasteiger partial charge in [-0.1, -0.05) is 6.07 Å². The van der Waals surface area contributed by atoms with Gasteiger partial charge in [0.1, 0.15) is 5.75 Å². The number of epoxide rings is 1. The van der Waals surface area contributed by atoms with Crippen LogP contribution in [0, 0.1) is 6.92 Å². The van der Waals surface area contributed by atoms with Crippen LogP contribution in [-0.2, 0) is 11.2 Å². The first-order valence-corrected chi connectivity index (χ1v) is 5.63. The van der Waals surface area contributed by atoms with E-state index in [0.717, 1.165) is 31.8 Å². The summed E-state index contributed by atoms with van der Waals surface area (Å²) in [6, 6.07) is 6.34. The van der Waals surface area contributed by atoms with Crippen molar-refractivity contribution < 1.29 is 9.47 Å². The van der Waals surface area contributed by atoms with Gasteiger partial charge in [0.2, 0.25) is 0 Å². The molecule has 15 heavy (non-hydrogen) atoms. The van der Waals surface area contributed by atoms with Crippen molar-refractivity contribution in [3.63, 3.8) is 0 Å². The summed E-state index contributed by atoms with van der Waals surface area (Å²) in [4.78, 5) is 0. The van der Waals surface area contributed by atoms with Crippen LogP contribution in [0.25, 0.3) is 0 Å². The van der Waals surface area contributed by atoms with Crippen LogP contribution in [0.15, 0.2) is 18.2 Å². The summed E-state index contributed by atoms with van der Waals surface area (Å²) in [6.07, 6.45) is 2.79. The molecule has 1 heterocycles. The van der Waals surface area contributed by atoms with Crippen molar-refractivity contribution in [2.24, 2.45) is 0 Å². The van der Waals surface area contributed by atoms with Gasteiger partial charge >= 0.3 is 0 Å². The SMILES string of the molecule is CCOc1ccc(CCC2CO2)c(C)c1. The fourth-order valence-electron chi connectivity index (χ4n) is 1.76. The molecule has 1 atom stereocenters. The van der Waals surface area contributed by atoms with E-state index in [9.17, 15) is 0 Å². The van der Waals surface area contributed by atoms with Gasteiger partial charge in [0.25, 0.3) is 0 Å². The molecule has 0 aromatic heterocycles. The monoisotopic (exact) mass is 206 g/mol. The molecule has 0 amide bonds. The second-order valence-electron chi connectivity index (χ2n) is 4.02. The van der Waals surface area contributed by atoms with Crippen LogP contribution in [0.2, 0.25) is 0 Å². The standard InChI is InChI=1S/C13H18O2/c1-3-14-12-6-4-11(10(2)8-12)5-7-13-9-15-13/h4,6,8,13H,3,5,7,9H2,1-2H3. The Labute approximate surface area is 91.2 Å². The summed E-state index contributed by atoms with van der Waals surface area (Å²) in [5.41, 5.74) is 2.73. The van der Waals surface area contributed by atoms with Gasteiger partial charge in [-0.15, -0.1) is 0 Å². The summed E-state index contributed by atoms with van der Waals surface area (Å²) in [7, 11) is 0. The highest BCUT2D eigenvalue weighted by molar-refractivity contribution is 5.34. The van der Waals surface area contributed by atoms with Crippen LogP contribution in [0.4, 0.5) is 0 Å². The normalized spacial score (nSPS) is 18.9. The predicted octanol–water partition coefficient (Wildman–Crippen LogP) is 2.73. The van der Waals surface area contributed by atoms with Gasteiger partial charge in [-0.05, 0) is 49.9 Å². The quantitative estimate of drug-likeness (QED) is 0.691. The topological polar surface area (TPSA) is 21.8 Å². The fourth-order valence-corrected chi connectivity index (χ4v) is 1.76. The zero-order chi connectivity index (χ0) is 10.7. The predicted molar refractivity (Wildman–Crippen MR) is 60.4 cm³/mol. The highest BCUT2D eigenvalue weighted by atomic mass is 16.6. The third kappa shape index (κ3) is 2.96. The van der Waals surface area contributed by atoms with Gasteiger partial charge in [0.15, 0.2) is 0 Å². The summed E-state index contributed by atoms with van der Waals surface area (Å²) >= 11 is 0. The lowest BCUT2D eigenvalue weighted by molar-refractivity contribution is 0.340. The molecular weight excluding hydrogens is 188 g/mol. The van der Waals surface area contributed by atoms with E-state index in [2.05, 4.69) is 25.1 Å². The minimum Gasteiger partial charge on any atom is -0.494 e. The second-order valence-corrected chi connectivity index (χ2v) is 4.02. The Kier molecular flexibility index (Phi) is 3.27. The lowest BCUT2D eigenvalue weighted by atomic mass is 10.0. The Morgan fingerprint density at radius 3 is 2.87 bits per heavy atom. The molecule has 0 aliphatic carbocycles. The van der Waals surface area contributed by atoms with Gasteiger partial charge in [-0.2, -0.15) is 0 Å². The molecule has 1 aliphatic heterocycles. The molecule has 0 bridgehead atoms. The molecule has 82 valence electrons. The van der Waals surface area contributed by atoms with Crippen molar-refractivity contribution in [3.05, 3.63) is 29.3 Å². The van der Waals surface area contributed by atoms with Crippen molar-refractivity contribution in [2.75, 3.05) is 13.2 Å². The van der Waals surface area contributed by atoms with E-state index in [4.69, 9.17) is 9.47 Å². The van der Waals surface area contributed by atoms with E-state index in [0.29, 0.717) is 6.10 Å². The van der Waals surface area contributed by atoms with Crippen LogP contribution in [0.5, 0.6) is 5.75 Å². The van der Waals surface area contributed by atoms with Crippen LogP contribution in [0.1, 0.15) is 24.5 Å². The Hall–Kier alpha value is -1.02.